The maximum atomic E-state index is 8.57. The van der Waals surface area contributed by atoms with Crippen LogP contribution in [0, 0.1) is 11.3 Å². The van der Waals surface area contributed by atoms with Crippen LogP contribution in [0.25, 0.3) is 0 Å². The zero-order chi connectivity index (χ0) is 12.3. The summed E-state index contributed by atoms with van der Waals surface area (Å²) in [4.78, 5) is 8.05. The highest BCUT2D eigenvalue weighted by molar-refractivity contribution is 7.98. The second-order valence-electron chi connectivity index (χ2n) is 3.73. The van der Waals surface area contributed by atoms with Gasteiger partial charge in [-0.15, -0.1) is 0 Å². The molecule has 4 nitrogen and oxygen atoms in total. The average Bonchev–Trinajstić information content (AvgIpc) is 2.38. The molecule has 0 spiro atoms. The van der Waals surface area contributed by atoms with E-state index in [2.05, 4.69) is 21.5 Å². The molecule has 1 aromatic heterocycles. The zero-order valence-corrected chi connectivity index (χ0v) is 11.0. The maximum Gasteiger partial charge on any atom is 0.158 e. The summed E-state index contributed by atoms with van der Waals surface area (Å²) in [6.45, 7) is 0.917. The second-order valence-corrected chi connectivity index (χ2v) is 4.72. The van der Waals surface area contributed by atoms with Crippen molar-refractivity contribution in [2.75, 3.05) is 23.9 Å². The van der Waals surface area contributed by atoms with Crippen LogP contribution in [0.1, 0.15) is 31.4 Å². The molecule has 0 fully saturated rings. The lowest BCUT2D eigenvalue weighted by Gasteiger charge is -2.04. The zero-order valence-electron chi connectivity index (χ0n) is 10.1. The third kappa shape index (κ3) is 6.12. The molecule has 1 heterocycles. The number of thioether (sulfide) groups is 1. The third-order valence-corrected chi connectivity index (χ3v) is 3.04. The minimum absolute atomic E-state index is 0.354. The van der Waals surface area contributed by atoms with Crippen LogP contribution in [0.15, 0.2) is 12.4 Å². The van der Waals surface area contributed by atoms with Gasteiger partial charge in [0.2, 0.25) is 0 Å². The molecule has 0 radical (unpaired) electrons. The van der Waals surface area contributed by atoms with E-state index in [1.165, 1.54) is 31.2 Å². The van der Waals surface area contributed by atoms with Crippen molar-refractivity contribution in [1.82, 2.24) is 9.97 Å². The van der Waals surface area contributed by atoms with Crippen LogP contribution in [-0.2, 0) is 0 Å². The lowest BCUT2D eigenvalue weighted by atomic mass is 10.2. The molecule has 1 N–H and O–H groups in total. The molecule has 0 saturated heterocycles. The van der Waals surface area contributed by atoms with Crippen LogP contribution in [0.2, 0.25) is 0 Å². The first-order valence-electron chi connectivity index (χ1n) is 5.82. The molecule has 92 valence electrons. The van der Waals surface area contributed by atoms with Gasteiger partial charge < -0.3 is 5.32 Å². The number of rotatable bonds is 8. The first-order chi connectivity index (χ1) is 8.36. The van der Waals surface area contributed by atoms with Gasteiger partial charge in [0, 0.05) is 6.54 Å². The van der Waals surface area contributed by atoms with Gasteiger partial charge in [-0.3, -0.25) is 0 Å². The molecule has 1 aromatic rings. The molecule has 0 aromatic carbocycles. The van der Waals surface area contributed by atoms with Crippen molar-refractivity contribution in [3.05, 3.63) is 18.1 Å². The van der Waals surface area contributed by atoms with Gasteiger partial charge in [0.25, 0.3) is 0 Å². The number of nitrogens with one attached hydrogen (secondary N) is 1. The van der Waals surface area contributed by atoms with Gasteiger partial charge in [-0.2, -0.15) is 17.0 Å². The summed E-state index contributed by atoms with van der Waals surface area (Å²) in [5, 5.41) is 11.8. The Hall–Kier alpha value is -1.28. The summed E-state index contributed by atoms with van der Waals surface area (Å²) in [6.07, 6.45) is 10.2. The Balaban J connectivity index is 2.08. The van der Waals surface area contributed by atoms with E-state index >= 15 is 0 Å². The number of nitrogens with zero attached hydrogens (tertiary/aromatic N) is 3. The monoisotopic (exact) mass is 250 g/mol. The Morgan fingerprint density at radius 3 is 2.71 bits per heavy atom. The molecule has 17 heavy (non-hydrogen) atoms. The van der Waals surface area contributed by atoms with Crippen LogP contribution in [0.5, 0.6) is 0 Å². The van der Waals surface area contributed by atoms with Crippen molar-refractivity contribution in [1.29, 1.82) is 5.26 Å². The first-order valence-corrected chi connectivity index (χ1v) is 7.21. The van der Waals surface area contributed by atoms with Gasteiger partial charge in [0.1, 0.15) is 11.9 Å². The Bertz CT molecular complexity index is 345. The molecule has 0 saturated carbocycles. The molecule has 0 amide bonds. The van der Waals surface area contributed by atoms with Crippen LogP contribution < -0.4 is 5.32 Å². The topological polar surface area (TPSA) is 61.6 Å². The summed E-state index contributed by atoms with van der Waals surface area (Å²) >= 11 is 1.91. The molecule has 0 aliphatic carbocycles. The molecular formula is C12H18N4S. The molecule has 5 heteroatoms. The maximum absolute atomic E-state index is 8.57. The number of hydrogen-bond acceptors (Lipinski definition) is 5. The van der Waals surface area contributed by atoms with Crippen molar-refractivity contribution in [3.8, 4) is 6.07 Å². The molecule has 0 unspecified atom stereocenters. The van der Waals surface area contributed by atoms with Crippen LogP contribution in [0.4, 0.5) is 5.82 Å². The minimum atomic E-state index is 0.354. The van der Waals surface area contributed by atoms with E-state index in [0.29, 0.717) is 5.69 Å². The van der Waals surface area contributed by atoms with Gasteiger partial charge in [-0.05, 0) is 24.9 Å². The van der Waals surface area contributed by atoms with E-state index in [-0.39, 0.29) is 0 Å². The number of hydrogen-bond donors (Lipinski definition) is 1. The Morgan fingerprint density at radius 2 is 2.06 bits per heavy atom. The Kier molecular flexibility index (Phi) is 7.15. The van der Waals surface area contributed by atoms with Crippen molar-refractivity contribution in [2.24, 2.45) is 0 Å². The van der Waals surface area contributed by atoms with E-state index in [4.69, 9.17) is 5.26 Å². The molecule has 0 aliphatic rings. The van der Waals surface area contributed by atoms with E-state index < -0.39 is 0 Å². The highest BCUT2D eigenvalue weighted by atomic mass is 32.2. The minimum Gasteiger partial charge on any atom is -0.369 e. The number of anilines is 1. The lowest BCUT2D eigenvalue weighted by Crippen LogP contribution is -2.04. The summed E-state index contributed by atoms with van der Waals surface area (Å²) < 4.78 is 0. The fourth-order valence-electron chi connectivity index (χ4n) is 1.42. The normalized spacial score (nSPS) is 9.88. The molecule has 0 aliphatic heterocycles. The van der Waals surface area contributed by atoms with E-state index in [1.807, 2.05) is 17.8 Å². The van der Waals surface area contributed by atoms with Gasteiger partial charge in [-0.25, -0.2) is 9.97 Å². The van der Waals surface area contributed by atoms with Crippen molar-refractivity contribution in [2.45, 2.75) is 25.7 Å². The fourth-order valence-corrected chi connectivity index (χ4v) is 1.91. The average molecular weight is 250 g/mol. The third-order valence-electron chi connectivity index (χ3n) is 2.35. The summed E-state index contributed by atoms with van der Waals surface area (Å²) in [5.74, 6) is 2.00. The van der Waals surface area contributed by atoms with Gasteiger partial charge in [-0.1, -0.05) is 12.8 Å². The summed E-state index contributed by atoms with van der Waals surface area (Å²) in [6, 6.07) is 1.95. The van der Waals surface area contributed by atoms with Gasteiger partial charge in [0.05, 0.1) is 12.4 Å². The quantitative estimate of drug-likeness (QED) is 0.719. The van der Waals surface area contributed by atoms with Crippen molar-refractivity contribution in [3.63, 3.8) is 0 Å². The largest absolute Gasteiger partial charge is 0.369 e. The summed E-state index contributed by atoms with van der Waals surface area (Å²) in [5.41, 5.74) is 0.354. The van der Waals surface area contributed by atoms with E-state index in [9.17, 15) is 0 Å². The Labute approximate surface area is 107 Å². The van der Waals surface area contributed by atoms with Crippen molar-refractivity contribution < 1.29 is 0 Å². The number of nitriles is 1. The summed E-state index contributed by atoms with van der Waals surface area (Å²) in [7, 11) is 0. The highest BCUT2D eigenvalue weighted by Gasteiger charge is 1.95. The Morgan fingerprint density at radius 1 is 1.24 bits per heavy atom. The lowest BCUT2D eigenvalue weighted by molar-refractivity contribution is 0.688. The number of unbranched alkanes of at least 4 members (excludes halogenated alkanes) is 3. The standard InChI is InChI=1S/C12H18N4S/c1-17-7-5-3-2-4-6-14-12-10-15-11(8-13)9-16-12/h9-10H,2-7H2,1H3,(H,14,16). The molecule has 0 bridgehead atoms. The predicted molar refractivity (Wildman–Crippen MR) is 72.1 cm³/mol. The van der Waals surface area contributed by atoms with Crippen LogP contribution >= 0.6 is 11.8 Å². The fraction of sp³-hybridized carbons (Fsp3) is 0.583. The van der Waals surface area contributed by atoms with Crippen LogP contribution in [0.3, 0.4) is 0 Å². The first kappa shape index (κ1) is 13.8. The molecular weight excluding hydrogens is 232 g/mol. The van der Waals surface area contributed by atoms with E-state index in [1.54, 1.807) is 6.20 Å². The highest BCUT2D eigenvalue weighted by Crippen LogP contribution is 2.05. The predicted octanol–water partition coefficient (Wildman–Crippen LogP) is 2.68. The van der Waals surface area contributed by atoms with Gasteiger partial charge in [0.15, 0.2) is 5.69 Å². The SMILES string of the molecule is CSCCCCCCNc1cnc(C#N)cn1. The number of aromatic nitrogens is 2. The second kappa shape index (κ2) is 8.82. The van der Waals surface area contributed by atoms with E-state index in [0.717, 1.165) is 18.8 Å². The molecule has 1 rings (SSSR count). The van der Waals surface area contributed by atoms with Crippen LogP contribution in [-0.4, -0.2) is 28.5 Å². The smallest absolute Gasteiger partial charge is 0.158 e. The van der Waals surface area contributed by atoms with Crippen molar-refractivity contribution >= 4 is 17.6 Å². The molecule has 0 atom stereocenters. The van der Waals surface area contributed by atoms with Gasteiger partial charge >= 0.3 is 0 Å².